The van der Waals surface area contributed by atoms with Crippen LogP contribution in [-0.4, -0.2) is 73.2 Å². The van der Waals surface area contributed by atoms with Gasteiger partial charge >= 0.3 is 0 Å². The van der Waals surface area contributed by atoms with Crippen molar-refractivity contribution >= 4 is 11.8 Å². The number of hydrogen-bond acceptors (Lipinski definition) is 4. The molecule has 0 N–H and O–H groups in total. The van der Waals surface area contributed by atoms with Crippen LogP contribution in [0.5, 0.6) is 0 Å². The normalized spacial score (nSPS) is 27.0. The summed E-state index contributed by atoms with van der Waals surface area (Å²) in [6.07, 6.45) is 4.18. The van der Waals surface area contributed by atoms with Crippen molar-refractivity contribution in [2.24, 2.45) is 5.92 Å². The summed E-state index contributed by atoms with van der Waals surface area (Å²) in [4.78, 5) is 29.9. The quantitative estimate of drug-likeness (QED) is 0.696. The zero-order valence-electron chi connectivity index (χ0n) is 18.1. The maximum absolute atomic E-state index is 14.6. The molecule has 5 rings (SSSR count). The van der Waals surface area contributed by atoms with Gasteiger partial charge in [-0.15, -0.1) is 0 Å². The molecule has 0 radical (unpaired) electrons. The Morgan fingerprint density at radius 1 is 1.16 bits per heavy atom. The van der Waals surface area contributed by atoms with Crippen LogP contribution in [0.25, 0.3) is 0 Å². The van der Waals surface area contributed by atoms with Crippen molar-refractivity contribution in [1.82, 2.24) is 9.80 Å². The summed E-state index contributed by atoms with van der Waals surface area (Å²) in [5.74, 6) is 0.235. The Morgan fingerprint density at radius 2 is 1.87 bits per heavy atom. The molecule has 1 aromatic carbocycles. The van der Waals surface area contributed by atoms with E-state index in [1.54, 1.807) is 6.07 Å². The molecular formula is C24H31FN2O4. The zero-order valence-corrected chi connectivity index (χ0v) is 18.1. The smallest absolute Gasteiger partial charge is 0.248 e. The first-order valence-corrected chi connectivity index (χ1v) is 11.5. The predicted molar refractivity (Wildman–Crippen MR) is 112 cm³/mol. The van der Waals surface area contributed by atoms with Crippen LogP contribution >= 0.6 is 0 Å². The number of hydrogen-bond donors (Lipinski definition) is 0. The van der Waals surface area contributed by atoms with Crippen molar-refractivity contribution in [3.05, 3.63) is 35.1 Å². The summed E-state index contributed by atoms with van der Waals surface area (Å²) in [7, 11) is 0. The van der Waals surface area contributed by atoms with Crippen LogP contribution in [0.1, 0.15) is 43.2 Å². The molecule has 2 amide bonds. The number of rotatable bonds is 6. The van der Waals surface area contributed by atoms with Crippen LogP contribution in [0.15, 0.2) is 18.2 Å². The Hall–Kier alpha value is -1.99. The fourth-order valence-electron chi connectivity index (χ4n) is 5.54. The molecule has 0 spiro atoms. The molecule has 3 aliphatic heterocycles. The Kier molecular flexibility index (Phi) is 5.51. The van der Waals surface area contributed by atoms with Gasteiger partial charge in [-0.2, -0.15) is 0 Å². The molecule has 4 fully saturated rings. The molecule has 2 bridgehead atoms. The second-order valence-corrected chi connectivity index (χ2v) is 9.68. The SMILES string of the molecule is Cc1ccc(C2(C(=O)N3C[C@@H]4C[C@H]3CN4C(=O)COCC3CCOCC3)CC2)c(F)c1. The largest absolute Gasteiger partial charge is 0.381 e. The zero-order chi connectivity index (χ0) is 21.6. The van der Waals surface area contributed by atoms with Gasteiger partial charge in [0.2, 0.25) is 11.8 Å². The van der Waals surface area contributed by atoms with E-state index >= 15 is 0 Å². The van der Waals surface area contributed by atoms with Gasteiger partial charge in [0.15, 0.2) is 0 Å². The lowest BCUT2D eigenvalue weighted by molar-refractivity contribution is -0.144. The van der Waals surface area contributed by atoms with Crippen molar-refractivity contribution in [1.29, 1.82) is 0 Å². The van der Waals surface area contributed by atoms with E-state index in [1.165, 1.54) is 6.07 Å². The van der Waals surface area contributed by atoms with E-state index in [0.717, 1.165) is 38.0 Å². The Labute approximate surface area is 182 Å². The van der Waals surface area contributed by atoms with Crippen LogP contribution in [0, 0.1) is 18.7 Å². The molecule has 3 heterocycles. The highest BCUT2D eigenvalue weighted by atomic mass is 19.1. The molecular weight excluding hydrogens is 399 g/mol. The minimum Gasteiger partial charge on any atom is -0.381 e. The summed E-state index contributed by atoms with van der Waals surface area (Å²) < 4.78 is 25.7. The first-order valence-electron chi connectivity index (χ1n) is 11.5. The molecule has 7 heteroatoms. The summed E-state index contributed by atoms with van der Waals surface area (Å²) >= 11 is 0. The minimum atomic E-state index is -0.704. The average Bonchev–Trinajstić information content (AvgIpc) is 3.30. The second-order valence-electron chi connectivity index (χ2n) is 9.68. The van der Waals surface area contributed by atoms with Crippen LogP contribution in [-0.2, 0) is 24.5 Å². The summed E-state index contributed by atoms with van der Waals surface area (Å²) in [6, 6.07) is 5.24. The number of amides is 2. The van der Waals surface area contributed by atoms with Gasteiger partial charge in [-0.25, -0.2) is 4.39 Å². The lowest BCUT2D eigenvalue weighted by Gasteiger charge is -2.36. The van der Waals surface area contributed by atoms with E-state index in [2.05, 4.69) is 0 Å². The molecule has 31 heavy (non-hydrogen) atoms. The molecule has 0 aromatic heterocycles. The van der Waals surface area contributed by atoms with E-state index in [1.807, 2.05) is 22.8 Å². The van der Waals surface area contributed by atoms with Crippen molar-refractivity contribution in [3.63, 3.8) is 0 Å². The highest BCUT2D eigenvalue weighted by Crippen LogP contribution is 2.52. The number of carbonyl (C=O) groups is 2. The molecule has 1 aliphatic carbocycles. The average molecular weight is 431 g/mol. The van der Waals surface area contributed by atoms with Gasteiger partial charge < -0.3 is 19.3 Å². The standard InChI is InChI=1S/C24H31FN2O4/c1-16-2-3-20(21(25)10-16)24(6-7-24)23(29)27-13-18-11-19(27)12-26(18)22(28)15-31-14-17-4-8-30-9-5-17/h2-3,10,17-19H,4-9,11-15H2,1H3/t18-,19-/m0/s1. The van der Waals surface area contributed by atoms with Crippen molar-refractivity contribution in [3.8, 4) is 0 Å². The molecule has 1 aromatic rings. The van der Waals surface area contributed by atoms with Crippen LogP contribution in [0.3, 0.4) is 0 Å². The molecule has 6 nitrogen and oxygen atoms in total. The van der Waals surface area contributed by atoms with E-state index in [0.29, 0.717) is 44.0 Å². The fraction of sp³-hybridized carbons (Fsp3) is 0.667. The number of benzene rings is 1. The number of aryl methyl sites for hydroxylation is 1. The van der Waals surface area contributed by atoms with Crippen molar-refractivity contribution in [2.45, 2.75) is 56.5 Å². The topological polar surface area (TPSA) is 59.1 Å². The predicted octanol–water partition coefficient (Wildman–Crippen LogP) is 2.42. The van der Waals surface area contributed by atoms with Gasteiger partial charge in [0, 0.05) is 31.9 Å². The van der Waals surface area contributed by atoms with Gasteiger partial charge in [0.1, 0.15) is 12.4 Å². The van der Waals surface area contributed by atoms with E-state index in [4.69, 9.17) is 9.47 Å². The van der Waals surface area contributed by atoms with E-state index in [-0.39, 0.29) is 36.3 Å². The minimum absolute atomic E-state index is 0.0115. The summed E-state index contributed by atoms with van der Waals surface area (Å²) in [5.41, 5.74) is 0.683. The molecule has 168 valence electrons. The van der Waals surface area contributed by atoms with Crippen molar-refractivity contribution < 1.29 is 23.5 Å². The van der Waals surface area contributed by atoms with Gasteiger partial charge in [-0.1, -0.05) is 12.1 Å². The third-order valence-electron chi connectivity index (χ3n) is 7.54. The highest BCUT2D eigenvalue weighted by molar-refractivity contribution is 5.92. The summed E-state index contributed by atoms with van der Waals surface area (Å²) in [5, 5.41) is 0. The number of piperazine rings is 1. The van der Waals surface area contributed by atoms with E-state index < -0.39 is 5.41 Å². The monoisotopic (exact) mass is 430 g/mol. The van der Waals surface area contributed by atoms with Crippen molar-refractivity contribution in [2.75, 3.05) is 39.5 Å². The second kappa shape index (κ2) is 8.17. The van der Waals surface area contributed by atoms with Crippen LogP contribution < -0.4 is 0 Å². The molecule has 3 saturated heterocycles. The Morgan fingerprint density at radius 3 is 2.52 bits per heavy atom. The lowest BCUT2D eigenvalue weighted by atomic mass is 9.92. The highest BCUT2D eigenvalue weighted by Gasteiger charge is 2.58. The lowest BCUT2D eigenvalue weighted by Crippen LogP contribution is -2.53. The third-order valence-corrected chi connectivity index (χ3v) is 7.54. The first-order chi connectivity index (χ1) is 15.0. The third kappa shape index (κ3) is 3.87. The molecule has 0 unspecified atom stereocenters. The van der Waals surface area contributed by atoms with Crippen LogP contribution in [0.2, 0.25) is 0 Å². The number of fused-ring (bicyclic) bond motifs is 2. The molecule has 1 saturated carbocycles. The fourth-order valence-corrected chi connectivity index (χ4v) is 5.54. The Bertz CT molecular complexity index is 865. The number of carbonyl (C=O) groups excluding carboxylic acids is 2. The maximum Gasteiger partial charge on any atom is 0.248 e. The number of halogens is 1. The Balaban J connectivity index is 1.16. The van der Waals surface area contributed by atoms with Crippen LogP contribution in [0.4, 0.5) is 4.39 Å². The summed E-state index contributed by atoms with van der Waals surface area (Å²) in [6.45, 7) is 5.21. The van der Waals surface area contributed by atoms with Gasteiger partial charge in [-0.05, 0) is 56.6 Å². The van der Waals surface area contributed by atoms with Gasteiger partial charge in [0.25, 0.3) is 0 Å². The molecule has 4 aliphatic rings. The number of ether oxygens (including phenoxy) is 2. The number of likely N-dealkylation sites (tertiary alicyclic amines) is 2. The van der Waals surface area contributed by atoms with E-state index in [9.17, 15) is 14.0 Å². The molecule has 2 atom stereocenters. The van der Waals surface area contributed by atoms with Gasteiger partial charge in [-0.3, -0.25) is 9.59 Å². The maximum atomic E-state index is 14.6. The van der Waals surface area contributed by atoms with Gasteiger partial charge in [0.05, 0.1) is 24.1 Å². The first kappa shape index (κ1) is 20.9. The number of nitrogens with zero attached hydrogens (tertiary/aromatic N) is 2.